The molecule has 8 heteroatoms. The Morgan fingerprint density at radius 3 is 2.44 bits per heavy atom. The zero-order chi connectivity index (χ0) is 19.3. The van der Waals surface area contributed by atoms with Crippen molar-refractivity contribution < 1.29 is 13.2 Å². The second kappa shape index (κ2) is 8.82. The molecule has 2 aliphatic rings. The first kappa shape index (κ1) is 19.8. The third-order valence-electron chi connectivity index (χ3n) is 5.02. The molecule has 2 saturated heterocycles. The highest BCUT2D eigenvalue weighted by molar-refractivity contribution is 5.80. The molecule has 0 aromatic heterocycles. The summed E-state index contributed by atoms with van der Waals surface area (Å²) in [5.74, 6) is 0.823. The lowest BCUT2D eigenvalue weighted by atomic mass is 10.2. The number of piperazine rings is 1. The fraction of sp³-hybridized carbons (Fsp3) is 0.632. The van der Waals surface area contributed by atoms with Crippen molar-refractivity contribution in [3.05, 3.63) is 30.3 Å². The van der Waals surface area contributed by atoms with Crippen molar-refractivity contribution in [2.24, 2.45) is 4.99 Å². The number of alkyl halides is 3. The van der Waals surface area contributed by atoms with Gasteiger partial charge in [0.15, 0.2) is 5.96 Å². The molecule has 5 nitrogen and oxygen atoms in total. The van der Waals surface area contributed by atoms with Crippen molar-refractivity contribution >= 4 is 11.6 Å². The zero-order valence-electron chi connectivity index (χ0n) is 15.8. The molecule has 0 saturated carbocycles. The highest BCUT2D eigenvalue weighted by Gasteiger charge is 2.35. The van der Waals surface area contributed by atoms with E-state index >= 15 is 0 Å². The summed E-state index contributed by atoms with van der Waals surface area (Å²) in [4.78, 5) is 10.6. The highest BCUT2D eigenvalue weighted by atomic mass is 19.4. The molecule has 3 rings (SSSR count). The van der Waals surface area contributed by atoms with Gasteiger partial charge < -0.3 is 15.1 Å². The van der Waals surface area contributed by atoms with Gasteiger partial charge in [-0.15, -0.1) is 0 Å². The normalized spacial score (nSPS) is 22.4. The van der Waals surface area contributed by atoms with E-state index < -0.39 is 12.7 Å². The maximum absolute atomic E-state index is 12.6. The molecule has 1 atom stereocenters. The van der Waals surface area contributed by atoms with Crippen molar-refractivity contribution in [3.63, 3.8) is 0 Å². The Kier molecular flexibility index (Phi) is 6.46. The molecule has 0 spiro atoms. The third kappa shape index (κ3) is 5.76. The van der Waals surface area contributed by atoms with E-state index in [9.17, 15) is 13.2 Å². The van der Waals surface area contributed by atoms with Crippen LogP contribution in [0, 0.1) is 0 Å². The number of likely N-dealkylation sites (tertiary alicyclic amines) is 1. The third-order valence-corrected chi connectivity index (χ3v) is 5.02. The fourth-order valence-electron chi connectivity index (χ4n) is 3.73. The lowest BCUT2D eigenvalue weighted by molar-refractivity contribution is -0.143. The summed E-state index contributed by atoms with van der Waals surface area (Å²) in [5.41, 5.74) is 1.22. The van der Waals surface area contributed by atoms with E-state index in [0.717, 1.165) is 32.1 Å². The highest BCUT2D eigenvalue weighted by Crippen LogP contribution is 2.20. The number of anilines is 1. The van der Waals surface area contributed by atoms with Crippen LogP contribution in [0.2, 0.25) is 0 Å². The molecule has 2 heterocycles. The van der Waals surface area contributed by atoms with Crippen molar-refractivity contribution in [1.29, 1.82) is 0 Å². The summed E-state index contributed by atoms with van der Waals surface area (Å²) in [7, 11) is 0. The molecule has 2 fully saturated rings. The second-order valence-corrected chi connectivity index (χ2v) is 7.09. The summed E-state index contributed by atoms with van der Waals surface area (Å²) < 4.78 is 37.8. The van der Waals surface area contributed by atoms with E-state index in [1.807, 2.05) is 25.1 Å². The summed E-state index contributed by atoms with van der Waals surface area (Å²) in [6.07, 6.45) is -3.42. The van der Waals surface area contributed by atoms with Crippen LogP contribution in [0.1, 0.15) is 13.3 Å². The van der Waals surface area contributed by atoms with Crippen molar-refractivity contribution in [1.82, 2.24) is 15.1 Å². The van der Waals surface area contributed by atoms with E-state index in [2.05, 4.69) is 32.2 Å². The number of rotatable bonds is 4. The molecule has 0 bridgehead atoms. The first-order chi connectivity index (χ1) is 12.9. The van der Waals surface area contributed by atoms with Crippen LogP contribution >= 0.6 is 0 Å². The molecule has 27 heavy (non-hydrogen) atoms. The largest absolute Gasteiger partial charge is 0.401 e. The molecule has 1 N–H and O–H groups in total. The van der Waals surface area contributed by atoms with E-state index in [1.165, 1.54) is 10.6 Å². The van der Waals surface area contributed by atoms with Crippen LogP contribution < -0.4 is 10.2 Å². The van der Waals surface area contributed by atoms with Crippen LogP contribution in [-0.2, 0) is 0 Å². The first-order valence-corrected chi connectivity index (χ1v) is 9.59. The fourth-order valence-corrected chi connectivity index (χ4v) is 3.73. The van der Waals surface area contributed by atoms with Gasteiger partial charge in [0.25, 0.3) is 0 Å². The summed E-state index contributed by atoms with van der Waals surface area (Å²) in [6, 6.07) is 10.3. The lowest BCUT2D eigenvalue weighted by Gasteiger charge is -2.38. The number of benzene rings is 1. The van der Waals surface area contributed by atoms with Crippen LogP contribution in [0.5, 0.6) is 0 Å². The van der Waals surface area contributed by atoms with Gasteiger partial charge in [-0.2, -0.15) is 13.2 Å². The number of nitrogens with one attached hydrogen (secondary N) is 1. The van der Waals surface area contributed by atoms with Gasteiger partial charge in [-0.1, -0.05) is 18.2 Å². The minimum absolute atomic E-state index is 0.0183. The van der Waals surface area contributed by atoms with Crippen molar-refractivity contribution in [2.45, 2.75) is 25.6 Å². The summed E-state index contributed by atoms with van der Waals surface area (Å²) in [6.45, 7) is 6.18. The first-order valence-electron chi connectivity index (χ1n) is 9.59. The molecule has 150 valence electrons. The van der Waals surface area contributed by atoms with Gasteiger partial charge >= 0.3 is 6.18 Å². The van der Waals surface area contributed by atoms with Gasteiger partial charge in [0.2, 0.25) is 0 Å². The Morgan fingerprint density at radius 1 is 1.11 bits per heavy atom. The quantitative estimate of drug-likeness (QED) is 0.640. The van der Waals surface area contributed by atoms with Crippen LogP contribution in [0.3, 0.4) is 0 Å². The second-order valence-electron chi connectivity index (χ2n) is 7.09. The van der Waals surface area contributed by atoms with E-state index in [1.54, 1.807) is 0 Å². The number of nitrogens with zero attached hydrogens (tertiary/aromatic N) is 4. The van der Waals surface area contributed by atoms with Crippen LogP contribution in [0.4, 0.5) is 18.9 Å². The molecule has 1 aromatic carbocycles. The standard InChI is InChI=1S/C19H28F3N5/c1-2-23-18(24-16-8-9-25(14-16)15-19(20,21)22)27-12-10-26(11-13-27)17-6-4-3-5-7-17/h3-7,16H,2,8-15H2,1H3,(H,23,24). The predicted molar refractivity (Wildman–Crippen MR) is 102 cm³/mol. The Hall–Kier alpha value is -1.96. The number of hydrogen-bond donors (Lipinski definition) is 1. The van der Waals surface area contributed by atoms with E-state index in [4.69, 9.17) is 0 Å². The Bertz CT molecular complexity index is 612. The van der Waals surface area contributed by atoms with E-state index in [-0.39, 0.29) is 6.04 Å². The maximum atomic E-state index is 12.6. The smallest absolute Gasteiger partial charge is 0.368 e. The summed E-state index contributed by atoms with van der Waals surface area (Å²) >= 11 is 0. The Balaban J connectivity index is 1.52. The van der Waals surface area contributed by atoms with Crippen LogP contribution in [-0.4, -0.2) is 80.3 Å². The number of aliphatic imine (C=N–C) groups is 1. The minimum Gasteiger partial charge on any atom is -0.368 e. The number of halogens is 3. The van der Waals surface area contributed by atoms with Gasteiger partial charge in [-0.05, 0) is 25.5 Å². The minimum atomic E-state index is -4.14. The molecular formula is C19H28F3N5. The molecule has 0 radical (unpaired) electrons. The average Bonchev–Trinajstić information content (AvgIpc) is 3.07. The topological polar surface area (TPSA) is 34.1 Å². The molecule has 0 amide bonds. The number of guanidine groups is 1. The van der Waals surface area contributed by atoms with E-state index in [0.29, 0.717) is 26.1 Å². The Labute approximate surface area is 158 Å². The summed E-state index contributed by atoms with van der Waals surface area (Å²) in [5, 5.41) is 3.41. The molecule has 0 aliphatic carbocycles. The molecule has 1 aromatic rings. The predicted octanol–water partition coefficient (Wildman–Crippen LogP) is 2.41. The molecule has 2 aliphatic heterocycles. The Morgan fingerprint density at radius 2 is 1.81 bits per heavy atom. The van der Waals surface area contributed by atoms with Gasteiger partial charge in [0.1, 0.15) is 0 Å². The molecular weight excluding hydrogens is 355 g/mol. The number of para-hydroxylation sites is 1. The van der Waals surface area contributed by atoms with Crippen LogP contribution in [0.25, 0.3) is 0 Å². The molecule has 1 unspecified atom stereocenters. The maximum Gasteiger partial charge on any atom is 0.401 e. The average molecular weight is 383 g/mol. The van der Waals surface area contributed by atoms with Crippen molar-refractivity contribution in [2.75, 3.05) is 57.3 Å². The van der Waals surface area contributed by atoms with Crippen molar-refractivity contribution in [3.8, 4) is 0 Å². The SMILES string of the molecule is CCN=C(NC1CCN(CC(F)(F)F)C1)N1CCN(c2ccccc2)CC1. The van der Waals surface area contributed by atoms with Gasteiger partial charge in [-0.25, -0.2) is 0 Å². The monoisotopic (exact) mass is 383 g/mol. The number of hydrogen-bond acceptors (Lipinski definition) is 3. The van der Waals surface area contributed by atoms with Crippen LogP contribution in [0.15, 0.2) is 35.3 Å². The van der Waals surface area contributed by atoms with Gasteiger partial charge in [-0.3, -0.25) is 9.89 Å². The zero-order valence-corrected chi connectivity index (χ0v) is 15.8. The van der Waals surface area contributed by atoms with Gasteiger partial charge in [0.05, 0.1) is 6.54 Å². The lowest BCUT2D eigenvalue weighted by Crippen LogP contribution is -2.54. The van der Waals surface area contributed by atoms with Gasteiger partial charge in [0, 0.05) is 57.5 Å².